The van der Waals surface area contributed by atoms with E-state index in [-0.39, 0.29) is 5.92 Å². The molecule has 1 aromatic carbocycles. The summed E-state index contributed by atoms with van der Waals surface area (Å²) >= 11 is 0. The lowest BCUT2D eigenvalue weighted by Crippen LogP contribution is -2.23. The third-order valence-corrected chi connectivity index (χ3v) is 3.08. The Morgan fingerprint density at radius 3 is 3.06 bits per heavy atom. The Morgan fingerprint density at radius 2 is 2.38 bits per heavy atom. The van der Waals surface area contributed by atoms with Crippen LogP contribution in [0.25, 0.3) is 0 Å². The third-order valence-electron chi connectivity index (χ3n) is 3.08. The molecule has 3 nitrogen and oxygen atoms in total. The summed E-state index contributed by atoms with van der Waals surface area (Å²) < 4.78 is 10.5. The normalized spacial score (nSPS) is 22.8. The van der Waals surface area contributed by atoms with Gasteiger partial charge in [-0.3, -0.25) is 0 Å². The lowest BCUT2D eigenvalue weighted by Gasteiger charge is -2.27. The molecule has 0 spiro atoms. The molecule has 1 heterocycles. The molecule has 2 rings (SSSR count). The first-order valence-electron chi connectivity index (χ1n) is 5.71. The molecule has 0 aromatic heterocycles. The van der Waals surface area contributed by atoms with Gasteiger partial charge in [0.15, 0.2) is 0 Å². The number of ether oxygens (including phenoxy) is 2. The Bertz CT molecular complexity index is 332. The van der Waals surface area contributed by atoms with Crippen LogP contribution in [-0.4, -0.2) is 25.4 Å². The van der Waals surface area contributed by atoms with E-state index in [0.29, 0.717) is 6.61 Å². The molecule has 1 aromatic rings. The third kappa shape index (κ3) is 2.54. The van der Waals surface area contributed by atoms with Crippen molar-refractivity contribution in [3.63, 3.8) is 0 Å². The summed E-state index contributed by atoms with van der Waals surface area (Å²) in [6, 6.07) is 7.61. The first-order valence-corrected chi connectivity index (χ1v) is 5.71. The Labute approximate surface area is 96.0 Å². The predicted octanol–water partition coefficient (Wildman–Crippen LogP) is 2.16. The molecule has 1 fully saturated rings. The van der Waals surface area contributed by atoms with Crippen LogP contribution in [0.3, 0.4) is 0 Å². The molecule has 1 saturated heterocycles. The molecule has 3 heteroatoms. The summed E-state index contributed by atoms with van der Waals surface area (Å²) in [6.45, 7) is 1.47. The Morgan fingerprint density at radius 1 is 1.50 bits per heavy atom. The molecule has 2 atom stereocenters. The minimum atomic E-state index is -0.449. The van der Waals surface area contributed by atoms with Gasteiger partial charge in [0.25, 0.3) is 0 Å². The lowest BCUT2D eigenvalue weighted by molar-refractivity contribution is -0.0100. The summed E-state index contributed by atoms with van der Waals surface area (Å²) in [5, 5.41) is 10.2. The van der Waals surface area contributed by atoms with Crippen LogP contribution in [0.1, 0.15) is 24.5 Å². The molecule has 1 aliphatic heterocycles. The van der Waals surface area contributed by atoms with Crippen LogP contribution >= 0.6 is 0 Å². The number of aliphatic hydroxyl groups excluding tert-OH is 1. The van der Waals surface area contributed by atoms with Crippen LogP contribution in [0.4, 0.5) is 0 Å². The molecule has 88 valence electrons. The van der Waals surface area contributed by atoms with Crippen LogP contribution in [-0.2, 0) is 4.74 Å². The summed E-state index contributed by atoms with van der Waals surface area (Å²) in [5.74, 6) is 0.995. The number of methoxy groups -OCH3 is 1. The smallest absolute Gasteiger partial charge is 0.119 e. The van der Waals surface area contributed by atoms with Crippen LogP contribution in [0, 0.1) is 5.92 Å². The van der Waals surface area contributed by atoms with E-state index in [4.69, 9.17) is 9.47 Å². The van der Waals surface area contributed by atoms with Gasteiger partial charge in [-0.1, -0.05) is 12.1 Å². The molecule has 0 saturated carbocycles. The zero-order valence-corrected chi connectivity index (χ0v) is 9.56. The second kappa shape index (κ2) is 5.32. The highest BCUT2D eigenvalue weighted by molar-refractivity contribution is 5.30. The molecule has 2 unspecified atom stereocenters. The fourth-order valence-electron chi connectivity index (χ4n) is 2.11. The molecule has 0 radical (unpaired) electrons. The van der Waals surface area contributed by atoms with Crippen molar-refractivity contribution in [2.45, 2.75) is 18.9 Å². The zero-order chi connectivity index (χ0) is 11.4. The summed E-state index contributed by atoms with van der Waals surface area (Å²) in [4.78, 5) is 0. The monoisotopic (exact) mass is 222 g/mol. The number of hydrogen-bond acceptors (Lipinski definition) is 3. The maximum Gasteiger partial charge on any atom is 0.119 e. The average Bonchev–Trinajstić information content (AvgIpc) is 2.39. The number of rotatable bonds is 3. The van der Waals surface area contributed by atoms with Crippen molar-refractivity contribution < 1.29 is 14.6 Å². The summed E-state index contributed by atoms with van der Waals surface area (Å²) in [5.41, 5.74) is 0.912. The number of hydrogen-bond donors (Lipinski definition) is 1. The molecule has 1 N–H and O–H groups in total. The van der Waals surface area contributed by atoms with Gasteiger partial charge in [-0.05, 0) is 30.5 Å². The summed E-state index contributed by atoms with van der Waals surface area (Å²) in [7, 11) is 1.63. The molecule has 0 amide bonds. The molecule has 0 aliphatic carbocycles. The van der Waals surface area contributed by atoms with E-state index < -0.39 is 6.10 Å². The van der Waals surface area contributed by atoms with E-state index in [1.165, 1.54) is 0 Å². The number of aliphatic hydroxyl groups is 1. The van der Waals surface area contributed by atoms with E-state index in [0.717, 1.165) is 30.8 Å². The van der Waals surface area contributed by atoms with Gasteiger partial charge in [-0.15, -0.1) is 0 Å². The quantitative estimate of drug-likeness (QED) is 0.851. The van der Waals surface area contributed by atoms with Gasteiger partial charge in [-0.25, -0.2) is 0 Å². The standard InChI is InChI=1S/C13H18O3/c1-15-12-6-2-4-10(8-12)13(14)11-5-3-7-16-9-11/h2,4,6,8,11,13-14H,3,5,7,9H2,1H3. The Hall–Kier alpha value is -1.06. The van der Waals surface area contributed by atoms with Crippen LogP contribution in [0.15, 0.2) is 24.3 Å². The van der Waals surface area contributed by atoms with E-state index >= 15 is 0 Å². The molecule has 0 bridgehead atoms. The highest BCUT2D eigenvalue weighted by Gasteiger charge is 2.23. The second-order valence-corrected chi connectivity index (χ2v) is 4.20. The van der Waals surface area contributed by atoms with Crippen molar-refractivity contribution in [1.82, 2.24) is 0 Å². The van der Waals surface area contributed by atoms with E-state index in [1.54, 1.807) is 7.11 Å². The average molecular weight is 222 g/mol. The second-order valence-electron chi connectivity index (χ2n) is 4.20. The van der Waals surface area contributed by atoms with Crippen molar-refractivity contribution in [3.05, 3.63) is 29.8 Å². The van der Waals surface area contributed by atoms with Crippen molar-refractivity contribution >= 4 is 0 Å². The van der Waals surface area contributed by atoms with E-state index in [9.17, 15) is 5.11 Å². The fourth-order valence-corrected chi connectivity index (χ4v) is 2.11. The Kier molecular flexibility index (Phi) is 3.80. The van der Waals surface area contributed by atoms with Crippen molar-refractivity contribution in [3.8, 4) is 5.75 Å². The largest absolute Gasteiger partial charge is 0.497 e. The minimum absolute atomic E-state index is 0.209. The highest BCUT2D eigenvalue weighted by Crippen LogP contribution is 2.30. The van der Waals surface area contributed by atoms with Gasteiger partial charge in [0.05, 0.1) is 19.8 Å². The molecular weight excluding hydrogens is 204 g/mol. The summed E-state index contributed by atoms with van der Waals surface area (Å²) in [6.07, 6.45) is 1.61. The topological polar surface area (TPSA) is 38.7 Å². The van der Waals surface area contributed by atoms with Gasteiger partial charge < -0.3 is 14.6 Å². The SMILES string of the molecule is COc1cccc(C(O)C2CCCOC2)c1. The van der Waals surface area contributed by atoms with Crippen LogP contribution in [0.2, 0.25) is 0 Å². The highest BCUT2D eigenvalue weighted by atomic mass is 16.5. The zero-order valence-electron chi connectivity index (χ0n) is 9.56. The minimum Gasteiger partial charge on any atom is -0.497 e. The maximum absolute atomic E-state index is 10.2. The fraction of sp³-hybridized carbons (Fsp3) is 0.538. The maximum atomic E-state index is 10.2. The number of benzene rings is 1. The van der Waals surface area contributed by atoms with Crippen molar-refractivity contribution in [2.75, 3.05) is 20.3 Å². The van der Waals surface area contributed by atoms with Gasteiger partial charge in [0.1, 0.15) is 5.75 Å². The van der Waals surface area contributed by atoms with Gasteiger partial charge in [0.2, 0.25) is 0 Å². The first-order chi connectivity index (χ1) is 7.81. The Balaban J connectivity index is 2.09. The van der Waals surface area contributed by atoms with E-state index in [1.807, 2.05) is 24.3 Å². The van der Waals surface area contributed by atoms with Crippen LogP contribution in [0.5, 0.6) is 5.75 Å². The van der Waals surface area contributed by atoms with Crippen molar-refractivity contribution in [2.24, 2.45) is 5.92 Å². The predicted molar refractivity (Wildman–Crippen MR) is 61.5 cm³/mol. The molecule has 1 aliphatic rings. The van der Waals surface area contributed by atoms with Gasteiger partial charge >= 0.3 is 0 Å². The van der Waals surface area contributed by atoms with Gasteiger partial charge in [-0.2, -0.15) is 0 Å². The molecule has 16 heavy (non-hydrogen) atoms. The van der Waals surface area contributed by atoms with Gasteiger partial charge in [0, 0.05) is 12.5 Å². The molecular formula is C13H18O3. The van der Waals surface area contributed by atoms with Crippen molar-refractivity contribution in [1.29, 1.82) is 0 Å². The lowest BCUT2D eigenvalue weighted by atomic mass is 9.91. The van der Waals surface area contributed by atoms with E-state index in [2.05, 4.69) is 0 Å². The first kappa shape index (κ1) is 11.4. The van der Waals surface area contributed by atoms with Crippen LogP contribution < -0.4 is 4.74 Å².